The lowest BCUT2D eigenvalue weighted by Crippen LogP contribution is -2.37. The first-order chi connectivity index (χ1) is 13.2. The second-order valence-corrected chi connectivity index (χ2v) is 5.87. The Morgan fingerprint density at radius 2 is 1.89 bits per heavy atom. The van der Waals surface area contributed by atoms with Gasteiger partial charge < -0.3 is 9.88 Å². The first-order valence-corrected chi connectivity index (χ1v) is 8.24. The van der Waals surface area contributed by atoms with E-state index in [2.05, 4.69) is 22.4 Å². The summed E-state index contributed by atoms with van der Waals surface area (Å²) in [5.41, 5.74) is 2.87. The van der Waals surface area contributed by atoms with Crippen molar-refractivity contribution in [1.29, 1.82) is 0 Å². The molecular formula is C19H19F3N4O2. The number of halogens is 3. The highest BCUT2D eigenvalue weighted by Crippen LogP contribution is 2.35. The van der Waals surface area contributed by atoms with Crippen LogP contribution in [0.25, 0.3) is 5.69 Å². The Morgan fingerprint density at radius 3 is 2.54 bits per heavy atom. The molecule has 2 aromatic rings. The van der Waals surface area contributed by atoms with E-state index in [1.165, 1.54) is 35.1 Å². The molecule has 0 unspecified atom stereocenters. The van der Waals surface area contributed by atoms with Crippen LogP contribution in [0.5, 0.6) is 0 Å². The molecular weight excluding hydrogens is 373 g/mol. The van der Waals surface area contributed by atoms with Gasteiger partial charge in [0.2, 0.25) is 0 Å². The normalized spacial score (nSPS) is 11.5. The Balaban J connectivity index is 2.27. The third-order valence-corrected chi connectivity index (χ3v) is 3.90. The number of nitrogens with one attached hydrogen (secondary N) is 2. The van der Waals surface area contributed by atoms with Crippen molar-refractivity contribution in [2.45, 2.75) is 20.0 Å². The van der Waals surface area contributed by atoms with Gasteiger partial charge in [0.05, 0.1) is 17.5 Å². The molecule has 0 bridgehead atoms. The zero-order valence-electron chi connectivity index (χ0n) is 15.3. The molecule has 1 heterocycles. The smallest absolute Gasteiger partial charge is 0.344 e. The summed E-state index contributed by atoms with van der Waals surface area (Å²) in [4.78, 5) is 23.0. The molecule has 0 radical (unpaired) electrons. The molecule has 1 aromatic carbocycles. The Bertz CT molecular complexity index is 930. The van der Waals surface area contributed by atoms with Gasteiger partial charge in [0.25, 0.3) is 0 Å². The fourth-order valence-electron chi connectivity index (χ4n) is 2.65. The Labute approximate surface area is 159 Å². The van der Waals surface area contributed by atoms with Crippen molar-refractivity contribution in [2.75, 3.05) is 6.54 Å². The third kappa shape index (κ3) is 4.67. The molecule has 0 saturated carbocycles. The van der Waals surface area contributed by atoms with Crippen LogP contribution < -0.4 is 10.7 Å². The number of amides is 2. The van der Waals surface area contributed by atoms with Gasteiger partial charge in [0, 0.05) is 23.5 Å². The van der Waals surface area contributed by atoms with Gasteiger partial charge in [-0.15, -0.1) is 6.58 Å². The molecule has 0 atom stereocenters. The summed E-state index contributed by atoms with van der Waals surface area (Å²) in [6.45, 7) is 6.85. The Hall–Kier alpha value is -3.36. The van der Waals surface area contributed by atoms with Crippen LogP contribution in [0.3, 0.4) is 0 Å². The number of aromatic nitrogens is 1. The molecule has 0 fully saturated rings. The summed E-state index contributed by atoms with van der Waals surface area (Å²) in [5.74, 6) is -1.84. The largest absolute Gasteiger partial charge is 0.418 e. The molecule has 0 aliphatic rings. The number of alkyl halides is 3. The summed E-state index contributed by atoms with van der Waals surface area (Å²) < 4.78 is 41.4. The van der Waals surface area contributed by atoms with Crippen molar-refractivity contribution in [2.24, 2.45) is 5.10 Å². The lowest BCUT2D eigenvalue weighted by molar-refractivity contribution is -0.139. The molecule has 0 saturated heterocycles. The minimum Gasteiger partial charge on any atom is -0.344 e. The molecule has 2 N–H and O–H groups in total. The van der Waals surface area contributed by atoms with E-state index in [0.717, 1.165) is 6.07 Å². The highest BCUT2D eigenvalue weighted by Gasteiger charge is 2.34. The number of carbonyl (C=O) groups excluding carboxylic acids is 2. The molecule has 148 valence electrons. The van der Waals surface area contributed by atoms with E-state index in [0.29, 0.717) is 17.0 Å². The monoisotopic (exact) mass is 392 g/mol. The fourth-order valence-corrected chi connectivity index (χ4v) is 2.65. The van der Waals surface area contributed by atoms with Crippen molar-refractivity contribution >= 4 is 18.0 Å². The quantitative estimate of drug-likeness (QED) is 0.355. The predicted molar refractivity (Wildman–Crippen MR) is 99.2 cm³/mol. The van der Waals surface area contributed by atoms with Crippen LogP contribution in [-0.4, -0.2) is 29.1 Å². The fraction of sp³-hybridized carbons (Fsp3) is 0.211. The molecule has 2 rings (SSSR count). The molecule has 2 amide bonds. The number of benzene rings is 1. The van der Waals surface area contributed by atoms with E-state index < -0.39 is 23.6 Å². The maximum absolute atomic E-state index is 13.3. The van der Waals surface area contributed by atoms with Crippen LogP contribution in [0.2, 0.25) is 0 Å². The van der Waals surface area contributed by atoms with Gasteiger partial charge >= 0.3 is 18.0 Å². The maximum atomic E-state index is 13.3. The number of hydrazone groups is 1. The van der Waals surface area contributed by atoms with Gasteiger partial charge in [0.1, 0.15) is 0 Å². The number of hydrogen-bond acceptors (Lipinski definition) is 3. The van der Waals surface area contributed by atoms with Gasteiger partial charge in [-0.05, 0) is 32.0 Å². The summed E-state index contributed by atoms with van der Waals surface area (Å²) in [6.07, 6.45) is -1.81. The molecule has 6 nitrogen and oxygen atoms in total. The molecule has 9 heteroatoms. The van der Waals surface area contributed by atoms with Gasteiger partial charge in [-0.1, -0.05) is 18.2 Å². The van der Waals surface area contributed by atoms with Gasteiger partial charge in [-0.2, -0.15) is 18.3 Å². The number of para-hydroxylation sites is 1. The van der Waals surface area contributed by atoms with E-state index >= 15 is 0 Å². The van der Waals surface area contributed by atoms with Crippen molar-refractivity contribution in [3.63, 3.8) is 0 Å². The number of rotatable bonds is 5. The van der Waals surface area contributed by atoms with Crippen LogP contribution in [0, 0.1) is 13.8 Å². The predicted octanol–water partition coefficient (Wildman–Crippen LogP) is 2.87. The van der Waals surface area contributed by atoms with Gasteiger partial charge in [-0.3, -0.25) is 9.59 Å². The van der Waals surface area contributed by atoms with E-state index in [4.69, 9.17) is 0 Å². The van der Waals surface area contributed by atoms with Crippen molar-refractivity contribution in [3.8, 4) is 5.69 Å². The average Bonchev–Trinajstić information content (AvgIpc) is 2.92. The molecule has 1 aromatic heterocycles. The highest BCUT2D eigenvalue weighted by atomic mass is 19.4. The van der Waals surface area contributed by atoms with Crippen molar-refractivity contribution in [3.05, 3.63) is 65.5 Å². The second kappa shape index (κ2) is 8.55. The number of hydrogen-bond donors (Lipinski definition) is 2. The van der Waals surface area contributed by atoms with E-state index in [1.54, 1.807) is 19.9 Å². The van der Waals surface area contributed by atoms with E-state index in [1.807, 2.05) is 0 Å². The summed E-state index contributed by atoms with van der Waals surface area (Å²) >= 11 is 0. The first kappa shape index (κ1) is 20.9. The lowest BCUT2D eigenvalue weighted by Gasteiger charge is -2.16. The van der Waals surface area contributed by atoms with E-state index in [-0.39, 0.29) is 12.2 Å². The second-order valence-electron chi connectivity index (χ2n) is 5.87. The number of nitrogens with zero attached hydrogens (tertiary/aromatic N) is 2. The van der Waals surface area contributed by atoms with E-state index in [9.17, 15) is 22.8 Å². The highest BCUT2D eigenvalue weighted by molar-refractivity contribution is 6.35. The van der Waals surface area contributed by atoms with Gasteiger partial charge in [-0.25, -0.2) is 5.43 Å². The van der Waals surface area contributed by atoms with Crippen LogP contribution >= 0.6 is 0 Å². The lowest BCUT2D eigenvalue weighted by atomic mass is 10.1. The standard InChI is InChI=1S/C19H19F3N4O2/c1-4-9-23-17(27)18(28)25-24-11-14-10-12(2)26(13(14)3)16-8-6-5-7-15(16)19(20,21)22/h4-8,10-11H,1,9H2,2-3H3,(H,23,27)(H,25,28)/b24-11-. The zero-order chi connectivity index (χ0) is 20.9. The summed E-state index contributed by atoms with van der Waals surface area (Å²) in [5, 5.41) is 6.00. The van der Waals surface area contributed by atoms with Crippen LogP contribution in [0.4, 0.5) is 13.2 Å². The average molecular weight is 392 g/mol. The summed E-state index contributed by atoms with van der Waals surface area (Å²) in [6, 6.07) is 6.89. The minimum absolute atomic E-state index is 0.00233. The van der Waals surface area contributed by atoms with Crippen LogP contribution in [0.1, 0.15) is 22.5 Å². The Kier molecular flexibility index (Phi) is 6.40. The maximum Gasteiger partial charge on any atom is 0.418 e. The minimum atomic E-state index is -4.50. The van der Waals surface area contributed by atoms with Gasteiger partial charge in [0.15, 0.2) is 0 Å². The summed E-state index contributed by atoms with van der Waals surface area (Å²) in [7, 11) is 0. The number of carbonyl (C=O) groups is 2. The number of aryl methyl sites for hydroxylation is 1. The van der Waals surface area contributed by atoms with Crippen LogP contribution in [-0.2, 0) is 15.8 Å². The zero-order valence-corrected chi connectivity index (χ0v) is 15.3. The van der Waals surface area contributed by atoms with Crippen molar-refractivity contribution in [1.82, 2.24) is 15.3 Å². The SMILES string of the molecule is C=CCNC(=O)C(=O)N/N=C\c1cc(C)n(-c2ccccc2C(F)(F)F)c1C. The molecule has 0 aliphatic heterocycles. The molecule has 28 heavy (non-hydrogen) atoms. The van der Waals surface area contributed by atoms with Crippen molar-refractivity contribution < 1.29 is 22.8 Å². The molecule has 0 spiro atoms. The van der Waals surface area contributed by atoms with Crippen LogP contribution in [0.15, 0.2) is 48.1 Å². The Morgan fingerprint density at radius 1 is 1.21 bits per heavy atom. The topological polar surface area (TPSA) is 75.5 Å². The third-order valence-electron chi connectivity index (χ3n) is 3.90. The molecule has 0 aliphatic carbocycles. The first-order valence-electron chi connectivity index (χ1n) is 8.24.